The van der Waals surface area contributed by atoms with Crippen molar-refractivity contribution in [1.82, 2.24) is 9.78 Å². The molecule has 3 N–H and O–H groups in total. The van der Waals surface area contributed by atoms with Gasteiger partial charge in [-0.3, -0.25) is 4.68 Å². The zero-order valence-corrected chi connectivity index (χ0v) is 12.5. The molecule has 102 valence electrons. The third-order valence-electron chi connectivity index (χ3n) is 2.83. The highest BCUT2D eigenvalue weighted by Crippen LogP contribution is 2.30. The highest BCUT2D eigenvalue weighted by Gasteiger charge is 2.13. The molecule has 1 aromatic heterocycles. The van der Waals surface area contributed by atoms with E-state index in [1.54, 1.807) is 10.7 Å². The largest absolute Gasteiger partial charge is 0.394 e. The fraction of sp³-hybridized carbons (Fsp3) is 0.308. The third kappa shape index (κ3) is 2.89. The Balaban J connectivity index is 2.33. The standard InChI is InChI=1S/C13H16BrFN4/c1-3-4-11-12(16)13(19(2)18-11)17-10-6-5-8(15)7-9(10)14/h5-7,17H,3-4,16H2,1-2H3. The molecular weight excluding hydrogens is 311 g/mol. The summed E-state index contributed by atoms with van der Waals surface area (Å²) in [7, 11) is 1.83. The number of halogens is 2. The topological polar surface area (TPSA) is 55.9 Å². The summed E-state index contributed by atoms with van der Waals surface area (Å²) in [6.07, 6.45) is 1.83. The van der Waals surface area contributed by atoms with Gasteiger partial charge in [0.05, 0.1) is 17.1 Å². The molecule has 6 heteroatoms. The number of nitrogens with two attached hydrogens (primary N) is 1. The van der Waals surface area contributed by atoms with Crippen LogP contribution >= 0.6 is 15.9 Å². The van der Waals surface area contributed by atoms with Crippen LogP contribution in [-0.2, 0) is 13.5 Å². The van der Waals surface area contributed by atoms with Crippen LogP contribution in [-0.4, -0.2) is 9.78 Å². The van der Waals surface area contributed by atoms with Crippen LogP contribution in [0.25, 0.3) is 0 Å². The molecule has 0 aliphatic heterocycles. The van der Waals surface area contributed by atoms with Gasteiger partial charge in [0.1, 0.15) is 5.82 Å². The highest BCUT2D eigenvalue weighted by molar-refractivity contribution is 9.10. The number of aromatic nitrogens is 2. The first-order chi connectivity index (χ1) is 9.02. The first-order valence-corrected chi connectivity index (χ1v) is 6.85. The minimum absolute atomic E-state index is 0.290. The van der Waals surface area contributed by atoms with E-state index in [0.717, 1.165) is 30.0 Å². The maximum atomic E-state index is 13.0. The van der Waals surface area contributed by atoms with Gasteiger partial charge in [-0.2, -0.15) is 5.10 Å². The number of benzene rings is 1. The summed E-state index contributed by atoms with van der Waals surface area (Å²) < 4.78 is 15.4. The van der Waals surface area contributed by atoms with Gasteiger partial charge in [-0.15, -0.1) is 0 Å². The first-order valence-electron chi connectivity index (χ1n) is 6.06. The van der Waals surface area contributed by atoms with Crippen molar-refractivity contribution >= 4 is 33.1 Å². The first kappa shape index (κ1) is 13.9. The Kier molecular flexibility index (Phi) is 4.09. The van der Waals surface area contributed by atoms with Gasteiger partial charge in [0.2, 0.25) is 0 Å². The second kappa shape index (κ2) is 5.61. The Morgan fingerprint density at radius 2 is 2.21 bits per heavy atom. The fourth-order valence-electron chi connectivity index (χ4n) is 1.88. The lowest BCUT2D eigenvalue weighted by Crippen LogP contribution is -2.02. The van der Waals surface area contributed by atoms with E-state index >= 15 is 0 Å². The molecule has 0 atom stereocenters. The van der Waals surface area contributed by atoms with Crippen LogP contribution in [0.3, 0.4) is 0 Å². The Labute approximate surface area is 119 Å². The van der Waals surface area contributed by atoms with Gasteiger partial charge >= 0.3 is 0 Å². The van der Waals surface area contributed by atoms with Crippen LogP contribution in [0.15, 0.2) is 22.7 Å². The Hall–Kier alpha value is -1.56. The lowest BCUT2D eigenvalue weighted by molar-refractivity contribution is 0.627. The van der Waals surface area contributed by atoms with E-state index in [1.807, 2.05) is 7.05 Å². The number of anilines is 3. The molecule has 0 radical (unpaired) electrons. The third-order valence-corrected chi connectivity index (χ3v) is 3.49. The summed E-state index contributed by atoms with van der Waals surface area (Å²) in [5, 5.41) is 7.56. The van der Waals surface area contributed by atoms with Gasteiger partial charge in [0, 0.05) is 11.5 Å². The van der Waals surface area contributed by atoms with Crippen molar-refractivity contribution in [3.8, 4) is 0 Å². The molecule has 0 bridgehead atoms. The lowest BCUT2D eigenvalue weighted by Gasteiger charge is -2.09. The summed E-state index contributed by atoms with van der Waals surface area (Å²) in [6, 6.07) is 4.46. The maximum absolute atomic E-state index is 13.0. The maximum Gasteiger partial charge on any atom is 0.152 e. The molecule has 0 saturated heterocycles. The molecule has 2 aromatic rings. The number of aryl methyl sites for hydroxylation is 2. The van der Waals surface area contributed by atoms with Crippen molar-refractivity contribution < 1.29 is 4.39 Å². The SMILES string of the molecule is CCCc1nn(C)c(Nc2ccc(F)cc2Br)c1N. The molecule has 1 heterocycles. The normalized spacial score (nSPS) is 10.7. The minimum Gasteiger partial charge on any atom is -0.394 e. The summed E-state index contributed by atoms with van der Waals surface area (Å²) in [4.78, 5) is 0. The summed E-state index contributed by atoms with van der Waals surface area (Å²) in [5.41, 5.74) is 8.35. The van der Waals surface area contributed by atoms with Crippen LogP contribution in [0.5, 0.6) is 0 Å². The smallest absolute Gasteiger partial charge is 0.152 e. The van der Waals surface area contributed by atoms with Crippen molar-refractivity contribution in [3.05, 3.63) is 34.2 Å². The van der Waals surface area contributed by atoms with E-state index in [2.05, 4.69) is 33.3 Å². The monoisotopic (exact) mass is 326 g/mol. The Bertz CT molecular complexity index is 595. The number of hydrogen-bond acceptors (Lipinski definition) is 3. The number of nitrogens with zero attached hydrogens (tertiary/aromatic N) is 2. The molecule has 2 rings (SSSR count). The summed E-state index contributed by atoms with van der Waals surface area (Å²) in [5.74, 6) is 0.429. The Morgan fingerprint density at radius 1 is 1.47 bits per heavy atom. The van der Waals surface area contributed by atoms with E-state index in [1.165, 1.54) is 12.1 Å². The van der Waals surface area contributed by atoms with Crippen LogP contribution in [0.1, 0.15) is 19.0 Å². The molecule has 0 aliphatic rings. The molecular formula is C13H16BrFN4. The van der Waals surface area contributed by atoms with Crippen molar-refractivity contribution in [1.29, 1.82) is 0 Å². The molecule has 4 nitrogen and oxygen atoms in total. The van der Waals surface area contributed by atoms with Gasteiger partial charge in [0.15, 0.2) is 5.82 Å². The van der Waals surface area contributed by atoms with Gasteiger partial charge in [-0.25, -0.2) is 4.39 Å². The van der Waals surface area contributed by atoms with Gasteiger partial charge in [-0.05, 0) is 40.5 Å². The average molecular weight is 327 g/mol. The molecule has 0 unspecified atom stereocenters. The van der Waals surface area contributed by atoms with Crippen LogP contribution in [0, 0.1) is 5.82 Å². The van der Waals surface area contributed by atoms with Crippen LogP contribution in [0.4, 0.5) is 21.6 Å². The van der Waals surface area contributed by atoms with Crippen molar-refractivity contribution in [2.75, 3.05) is 11.1 Å². The average Bonchev–Trinajstić information content (AvgIpc) is 2.60. The zero-order chi connectivity index (χ0) is 14.0. The highest BCUT2D eigenvalue weighted by atomic mass is 79.9. The lowest BCUT2D eigenvalue weighted by atomic mass is 10.2. The Morgan fingerprint density at radius 3 is 2.84 bits per heavy atom. The van der Waals surface area contributed by atoms with Gasteiger partial charge in [-0.1, -0.05) is 13.3 Å². The van der Waals surface area contributed by atoms with E-state index in [0.29, 0.717) is 10.2 Å². The van der Waals surface area contributed by atoms with Crippen LogP contribution < -0.4 is 11.1 Å². The van der Waals surface area contributed by atoms with Crippen molar-refractivity contribution in [2.24, 2.45) is 7.05 Å². The predicted molar refractivity (Wildman–Crippen MR) is 79.0 cm³/mol. The number of nitrogens with one attached hydrogen (secondary N) is 1. The van der Waals surface area contributed by atoms with Gasteiger partial charge in [0.25, 0.3) is 0 Å². The van der Waals surface area contributed by atoms with E-state index < -0.39 is 0 Å². The van der Waals surface area contributed by atoms with Crippen LogP contribution in [0.2, 0.25) is 0 Å². The number of hydrogen-bond donors (Lipinski definition) is 2. The molecule has 0 spiro atoms. The van der Waals surface area contributed by atoms with Crippen molar-refractivity contribution in [3.63, 3.8) is 0 Å². The zero-order valence-electron chi connectivity index (χ0n) is 10.9. The number of nitrogen functional groups attached to an aromatic ring is 1. The van der Waals surface area contributed by atoms with E-state index in [9.17, 15) is 4.39 Å². The molecule has 0 amide bonds. The molecule has 19 heavy (non-hydrogen) atoms. The minimum atomic E-state index is -0.290. The second-order valence-electron chi connectivity index (χ2n) is 4.33. The predicted octanol–water partition coefficient (Wildman–Crippen LogP) is 3.60. The molecule has 0 saturated carbocycles. The quantitative estimate of drug-likeness (QED) is 0.902. The summed E-state index contributed by atoms with van der Waals surface area (Å²) in [6.45, 7) is 2.08. The van der Waals surface area contributed by atoms with E-state index in [-0.39, 0.29) is 5.82 Å². The second-order valence-corrected chi connectivity index (χ2v) is 5.19. The molecule has 0 fully saturated rings. The van der Waals surface area contributed by atoms with E-state index in [4.69, 9.17) is 5.73 Å². The summed E-state index contributed by atoms with van der Waals surface area (Å²) >= 11 is 3.32. The fourth-order valence-corrected chi connectivity index (χ4v) is 2.33. The number of rotatable bonds is 4. The van der Waals surface area contributed by atoms with Gasteiger partial charge < -0.3 is 11.1 Å². The molecule has 1 aromatic carbocycles. The van der Waals surface area contributed by atoms with Crippen molar-refractivity contribution in [2.45, 2.75) is 19.8 Å². The molecule has 0 aliphatic carbocycles.